The molecule has 0 aromatic heterocycles. The van der Waals surface area contributed by atoms with Crippen LogP contribution in [0.4, 0.5) is 4.79 Å². The zero-order valence-corrected chi connectivity index (χ0v) is 10.5. The van der Waals surface area contributed by atoms with Crippen LogP contribution in [0.3, 0.4) is 0 Å². The average molecular weight is 272 g/mol. The Morgan fingerprint density at radius 1 is 1.37 bits per heavy atom. The molecule has 2 amide bonds. The van der Waals surface area contributed by atoms with Gasteiger partial charge in [0.2, 0.25) is 0 Å². The predicted octanol–water partition coefficient (Wildman–Crippen LogP) is 0.627. The number of aryl methyl sites for hydroxylation is 1. The molecule has 0 heterocycles. The van der Waals surface area contributed by atoms with E-state index in [-0.39, 0.29) is 23.7 Å². The number of carbonyl (C=O) groups excluding carboxylic acids is 2. The van der Waals surface area contributed by atoms with Crippen LogP contribution < -0.4 is 11.2 Å². The van der Waals surface area contributed by atoms with Gasteiger partial charge in [0.25, 0.3) is 0 Å². The highest BCUT2D eigenvalue weighted by Crippen LogP contribution is 2.27. The Morgan fingerprint density at radius 3 is 2.26 bits per heavy atom. The Bertz CT molecular complexity index is 437. The van der Waals surface area contributed by atoms with Crippen molar-refractivity contribution >= 4 is 12.0 Å². The third kappa shape index (κ3) is 5.59. The zero-order valence-electron chi connectivity index (χ0n) is 10.5. The normalized spacial score (nSPS) is 9.00. The maximum absolute atomic E-state index is 11.3. The molecule has 8 heteroatoms. The molecule has 0 unspecified atom stereocenters. The van der Waals surface area contributed by atoms with Gasteiger partial charge in [0.15, 0.2) is 0 Å². The topological polar surface area (TPSA) is 142 Å². The molecule has 0 aliphatic heterocycles. The lowest BCUT2D eigenvalue weighted by Crippen LogP contribution is -2.25. The smallest absolute Gasteiger partial charge is 0.342 e. The van der Waals surface area contributed by atoms with Gasteiger partial charge in [0.05, 0.1) is 6.61 Å². The van der Waals surface area contributed by atoms with Crippen LogP contribution in [-0.4, -0.2) is 34.0 Å². The molecule has 0 aliphatic carbocycles. The fourth-order valence-corrected chi connectivity index (χ4v) is 1.22. The Kier molecular flexibility index (Phi) is 6.76. The molecule has 1 aromatic carbocycles. The van der Waals surface area contributed by atoms with E-state index in [9.17, 15) is 14.7 Å². The van der Waals surface area contributed by atoms with E-state index >= 15 is 0 Å². The highest BCUT2D eigenvalue weighted by molar-refractivity contribution is 5.94. The van der Waals surface area contributed by atoms with Crippen LogP contribution in [0, 0.1) is 6.92 Å². The van der Waals surface area contributed by atoms with Crippen molar-refractivity contribution in [2.75, 3.05) is 6.61 Å². The van der Waals surface area contributed by atoms with Gasteiger partial charge in [-0.1, -0.05) is 0 Å². The molecule has 1 rings (SSSR count). The van der Waals surface area contributed by atoms with Crippen molar-refractivity contribution in [3.63, 3.8) is 0 Å². The minimum atomic E-state index is -0.940. The Hall–Kier alpha value is -2.48. The number of nitrogens with two attached hydrogens (primary N) is 1. The molecular formula is C11H16N2O6. The molecule has 0 fully saturated rings. The van der Waals surface area contributed by atoms with E-state index in [2.05, 4.69) is 5.73 Å². The summed E-state index contributed by atoms with van der Waals surface area (Å²) in [4.78, 5) is 20.6. The van der Waals surface area contributed by atoms with Crippen LogP contribution in [-0.2, 0) is 4.74 Å². The first-order valence-electron chi connectivity index (χ1n) is 5.22. The van der Waals surface area contributed by atoms with E-state index in [0.717, 1.165) is 6.07 Å². The van der Waals surface area contributed by atoms with Crippen LogP contribution in [0.15, 0.2) is 12.1 Å². The Morgan fingerprint density at radius 2 is 1.89 bits per heavy atom. The molecule has 106 valence electrons. The van der Waals surface area contributed by atoms with Gasteiger partial charge in [0, 0.05) is 6.07 Å². The van der Waals surface area contributed by atoms with E-state index in [1.54, 1.807) is 13.8 Å². The van der Waals surface area contributed by atoms with Crippen molar-refractivity contribution in [1.29, 1.82) is 0 Å². The summed E-state index contributed by atoms with van der Waals surface area (Å²) in [6.45, 7) is 3.55. The van der Waals surface area contributed by atoms with Gasteiger partial charge < -0.3 is 20.7 Å². The van der Waals surface area contributed by atoms with Crippen LogP contribution in [0.25, 0.3) is 0 Å². The summed E-state index contributed by atoms with van der Waals surface area (Å²) in [5.41, 5.74) is 6.05. The minimum absolute atomic E-state index is 0.0759. The third-order valence-electron chi connectivity index (χ3n) is 1.89. The first-order chi connectivity index (χ1) is 8.83. The fourth-order valence-electron chi connectivity index (χ4n) is 1.22. The van der Waals surface area contributed by atoms with Gasteiger partial charge in [0.1, 0.15) is 17.1 Å². The van der Waals surface area contributed by atoms with Crippen LogP contribution in [0.1, 0.15) is 22.8 Å². The number of esters is 1. The highest BCUT2D eigenvalue weighted by atomic mass is 16.5. The van der Waals surface area contributed by atoms with E-state index < -0.39 is 12.0 Å². The molecule has 8 nitrogen and oxygen atoms in total. The molecule has 0 aliphatic rings. The quantitative estimate of drug-likeness (QED) is 0.303. The van der Waals surface area contributed by atoms with Gasteiger partial charge in [-0.15, -0.1) is 0 Å². The number of hydroxylamine groups is 1. The number of urea groups is 1. The molecule has 0 bridgehead atoms. The molecule has 1 aromatic rings. The molecule has 0 radical (unpaired) electrons. The number of phenols is 2. The number of ether oxygens (including phenoxy) is 1. The second-order valence-corrected chi connectivity index (χ2v) is 3.35. The van der Waals surface area contributed by atoms with Crippen molar-refractivity contribution in [3.8, 4) is 11.5 Å². The predicted molar refractivity (Wildman–Crippen MR) is 65.0 cm³/mol. The maximum Gasteiger partial charge on any atom is 0.342 e. The van der Waals surface area contributed by atoms with Crippen molar-refractivity contribution in [2.45, 2.75) is 13.8 Å². The number of hydrogen-bond donors (Lipinski definition) is 5. The molecule has 6 N–H and O–H groups in total. The lowest BCUT2D eigenvalue weighted by Gasteiger charge is -2.07. The molecule has 0 atom stereocenters. The minimum Gasteiger partial charge on any atom is -0.508 e. The number of hydrogen-bond acceptors (Lipinski definition) is 6. The first-order valence-corrected chi connectivity index (χ1v) is 5.22. The van der Waals surface area contributed by atoms with Gasteiger partial charge in [-0.25, -0.2) is 15.1 Å². The summed E-state index contributed by atoms with van der Waals surface area (Å²) in [6, 6.07) is 1.57. The largest absolute Gasteiger partial charge is 0.508 e. The number of phenolic OH excluding ortho intramolecular Hbond substituents is 2. The van der Waals surface area contributed by atoms with E-state index in [1.165, 1.54) is 11.5 Å². The number of amides is 2. The average Bonchev–Trinajstić information content (AvgIpc) is 2.28. The van der Waals surface area contributed by atoms with Gasteiger partial charge in [-0.05, 0) is 25.5 Å². The fraction of sp³-hybridized carbons (Fsp3) is 0.273. The third-order valence-corrected chi connectivity index (χ3v) is 1.89. The van der Waals surface area contributed by atoms with Gasteiger partial charge in [-0.2, -0.15) is 0 Å². The summed E-state index contributed by atoms with van der Waals surface area (Å²) in [5.74, 6) is -0.920. The number of carbonyl (C=O) groups is 2. The number of aromatic hydroxyl groups is 2. The summed E-state index contributed by atoms with van der Waals surface area (Å²) < 4.78 is 4.75. The number of benzene rings is 1. The Balaban J connectivity index is 0.000000555. The summed E-state index contributed by atoms with van der Waals surface area (Å²) in [7, 11) is 0. The van der Waals surface area contributed by atoms with Gasteiger partial charge in [-0.3, -0.25) is 5.21 Å². The number of rotatable bonds is 2. The lowest BCUT2D eigenvalue weighted by atomic mass is 10.1. The summed E-state index contributed by atoms with van der Waals surface area (Å²) >= 11 is 0. The van der Waals surface area contributed by atoms with Crippen molar-refractivity contribution in [3.05, 3.63) is 23.3 Å². The van der Waals surface area contributed by atoms with Crippen LogP contribution in [0.5, 0.6) is 11.5 Å². The molecule has 19 heavy (non-hydrogen) atoms. The van der Waals surface area contributed by atoms with Crippen LogP contribution >= 0.6 is 0 Å². The standard InChI is InChI=1S/C10H12O4.CH4N2O2/c1-3-14-10(13)9-6(2)4-7(11)5-8(9)12;2-1(4)3-5/h4-5,11-12H,3H2,1-2H3;5H,(H3,2,3,4). The second kappa shape index (κ2) is 7.77. The maximum atomic E-state index is 11.3. The number of nitrogens with one attached hydrogen (secondary N) is 1. The van der Waals surface area contributed by atoms with Crippen molar-refractivity contribution < 1.29 is 29.7 Å². The summed E-state index contributed by atoms with van der Waals surface area (Å²) in [5, 5.41) is 25.9. The molecule has 0 spiro atoms. The summed E-state index contributed by atoms with van der Waals surface area (Å²) in [6.07, 6.45) is 0. The van der Waals surface area contributed by atoms with E-state index in [1.807, 2.05) is 0 Å². The number of primary amides is 1. The van der Waals surface area contributed by atoms with Crippen molar-refractivity contribution in [1.82, 2.24) is 5.48 Å². The van der Waals surface area contributed by atoms with Crippen molar-refractivity contribution in [2.24, 2.45) is 5.73 Å². The molecular weight excluding hydrogens is 256 g/mol. The second-order valence-electron chi connectivity index (χ2n) is 3.35. The monoisotopic (exact) mass is 272 g/mol. The molecule has 0 saturated heterocycles. The van der Waals surface area contributed by atoms with Crippen LogP contribution in [0.2, 0.25) is 0 Å². The van der Waals surface area contributed by atoms with E-state index in [0.29, 0.717) is 5.56 Å². The first kappa shape index (κ1) is 16.5. The highest BCUT2D eigenvalue weighted by Gasteiger charge is 2.16. The Labute approximate surface area is 109 Å². The molecule has 0 saturated carbocycles. The lowest BCUT2D eigenvalue weighted by molar-refractivity contribution is 0.0522. The SMILES string of the molecule is CCOC(=O)c1c(C)cc(O)cc1O.NC(=O)NO. The van der Waals surface area contributed by atoms with E-state index in [4.69, 9.17) is 15.1 Å². The zero-order chi connectivity index (χ0) is 15.0. The van der Waals surface area contributed by atoms with Gasteiger partial charge >= 0.3 is 12.0 Å².